The number of ether oxygens (including phenoxy) is 2. The van der Waals surface area contributed by atoms with Crippen molar-refractivity contribution < 1.29 is 47.8 Å². The molecule has 3 N–H and O–H groups in total. The highest BCUT2D eigenvalue weighted by Crippen LogP contribution is 2.43. The number of phosphoric acid groups is 1. The highest BCUT2D eigenvalue weighted by molar-refractivity contribution is 7.47. The molecule has 0 aromatic heterocycles. The van der Waals surface area contributed by atoms with E-state index in [-0.39, 0.29) is 19.4 Å². The molecule has 0 saturated carbocycles. The van der Waals surface area contributed by atoms with E-state index in [1.807, 2.05) is 0 Å². The molecule has 0 aromatic rings. The lowest BCUT2D eigenvalue weighted by Gasteiger charge is -2.20. The molecule has 2 unspecified atom stereocenters. The van der Waals surface area contributed by atoms with Crippen molar-refractivity contribution in [3.05, 3.63) is 0 Å². The molecular weight excluding hydrogens is 623 g/mol. The van der Waals surface area contributed by atoms with E-state index in [1.165, 1.54) is 77.0 Å². The van der Waals surface area contributed by atoms with E-state index in [0.29, 0.717) is 12.8 Å². The largest absolute Gasteiger partial charge is 0.472 e. The Labute approximate surface area is 286 Å². The van der Waals surface area contributed by atoms with Gasteiger partial charge in [0.15, 0.2) is 6.10 Å². The van der Waals surface area contributed by atoms with Gasteiger partial charge in [0.1, 0.15) is 12.7 Å². The van der Waals surface area contributed by atoms with E-state index in [1.54, 1.807) is 0 Å². The Morgan fingerprint density at radius 1 is 0.638 bits per heavy atom. The van der Waals surface area contributed by atoms with Crippen molar-refractivity contribution in [3.63, 3.8) is 0 Å². The molecule has 0 aliphatic heterocycles. The van der Waals surface area contributed by atoms with Crippen molar-refractivity contribution in [2.24, 2.45) is 11.8 Å². The number of hydrogen-bond acceptors (Lipinski definition) is 9. The van der Waals surface area contributed by atoms with Crippen molar-refractivity contribution in [1.82, 2.24) is 0 Å². The zero-order valence-electron chi connectivity index (χ0n) is 30.3. The monoisotopic (exact) mass is 694 g/mol. The fraction of sp³-hybridized carbons (Fsp3) is 0.944. The lowest BCUT2D eigenvalue weighted by molar-refractivity contribution is -0.161. The first-order chi connectivity index (χ1) is 22.5. The van der Waals surface area contributed by atoms with Crippen molar-refractivity contribution in [2.45, 2.75) is 181 Å². The summed E-state index contributed by atoms with van der Waals surface area (Å²) in [6, 6.07) is 0. The summed E-state index contributed by atoms with van der Waals surface area (Å²) in [6.45, 7) is 6.98. The lowest BCUT2D eigenvalue weighted by atomic mass is 9.99. The van der Waals surface area contributed by atoms with Crippen LogP contribution in [0.1, 0.15) is 169 Å². The number of aliphatic hydroxyl groups excluding tert-OH is 2. The lowest BCUT2D eigenvalue weighted by Crippen LogP contribution is -2.29. The quantitative estimate of drug-likeness (QED) is 0.0339. The Bertz CT molecular complexity index is 794. The van der Waals surface area contributed by atoms with Gasteiger partial charge in [-0.1, -0.05) is 143 Å². The molecule has 0 spiro atoms. The van der Waals surface area contributed by atoms with Gasteiger partial charge in [-0.3, -0.25) is 18.6 Å². The predicted octanol–water partition coefficient (Wildman–Crippen LogP) is 8.82. The Balaban J connectivity index is 4.39. The van der Waals surface area contributed by atoms with Crippen LogP contribution >= 0.6 is 7.82 Å². The smallest absolute Gasteiger partial charge is 0.462 e. The summed E-state index contributed by atoms with van der Waals surface area (Å²) >= 11 is 0. The molecule has 280 valence electrons. The van der Waals surface area contributed by atoms with E-state index in [9.17, 15) is 24.2 Å². The molecule has 11 heteroatoms. The van der Waals surface area contributed by atoms with Gasteiger partial charge in [-0.15, -0.1) is 0 Å². The average molecular weight is 695 g/mol. The molecule has 0 aromatic carbocycles. The van der Waals surface area contributed by atoms with Crippen LogP contribution in [0.4, 0.5) is 0 Å². The summed E-state index contributed by atoms with van der Waals surface area (Å²) in [6.07, 6.45) is 20.9. The molecule has 0 rings (SSSR count). The minimum Gasteiger partial charge on any atom is -0.462 e. The highest BCUT2D eigenvalue weighted by atomic mass is 31.2. The second kappa shape index (κ2) is 31.0. The van der Waals surface area contributed by atoms with Gasteiger partial charge >= 0.3 is 19.8 Å². The van der Waals surface area contributed by atoms with Gasteiger partial charge in [0.05, 0.1) is 19.8 Å². The van der Waals surface area contributed by atoms with Gasteiger partial charge in [0.2, 0.25) is 0 Å². The van der Waals surface area contributed by atoms with Crippen LogP contribution < -0.4 is 0 Å². The molecular formula is C36H71O10P. The predicted molar refractivity (Wildman–Crippen MR) is 187 cm³/mol. The van der Waals surface area contributed by atoms with E-state index < -0.39 is 51.8 Å². The minimum atomic E-state index is -4.60. The zero-order chi connectivity index (χ0) is 35.2. The first kappa shape index (κ1) is 46.0. The standard InChI is InChI=1S/C36H71O10P/c1-5-32(4)24-20-16-12-9-10-14-18-22-26-36(40)46-34(30-45-47(41,42)44-28-33(38)27-37)29-43-35(39)25-21-17-13-8-6-7-11-15-19-23-31(2)3/h31-34,37-38H,5-30H2,1-4H3,(H,41,42)/t32?,33-,34+/m0/s1. The van der Waals surface area contributed by atoms with Crippen molar-refractivity contribution >= 4 is 19.8 Å². The van der Waals surface area contributed by atoms with Gasteiger partial charge in [-0.25, -0.2) is 4.57 Å². The second-order valence-corrected chi connectivity index (χ2v) is 15.1. The second-order valence-electron chi connectivity index (χ2n) is 13.7. The molecule has 0 radical (unpaired) electrons. The normalized spacial score (nSPS) is 14.9. The minimum absolute atomic E-state index is 0.188. The summed E-state index contributed by atoms with van der Waals surface area (Å²) < 4.78 is 32.5. The van der Waals surface area contributed by atoms with Gasteiger partial charge in [0, 0.05) is 12.8 Å². The Hall–Kier alpha value is -1.03. The molecule has 47 heavy (non-hydrogen) atoms. The number of hydrogen-bond donors (Lipinski definition) is 3. The number of carbonyl (C=O) groups excluding carboxylic acids is 2. The molecule has 0 fully saturated rings. The van der Waals surface area contributed by atoms with Crippen molar-refractivity contribution in [3.8, 4) is 0 Å². The van der Waals surface area contributed by atoms with Gasteiger partial charge in [-0.2, -0.15) is 0 Å². The maximum Gasteiger partial charge on any atom is 0.472 e. The third kappa shape index (κ3) is 32.0. The highest BCUT2D eigenvalue weighted by Gasteiger charge is 2.27. The van der Waals surface area contributed by atoms with E-state index >= 15 is 0 Å². The average Bonchev–Trinajstić information content (AvgIpc) is 3.04. The Morgan fingerprint density at radius 2 is 1.09 bits per heavy atom. The number of esters is 2. The molecule has 0 aliphatic carbocycles. The summed E-state index contributed by atoms with van der Waals surface area (Å²) in [4.78, 5) is 34.8. The summed E-state index contributed by atoms with van der Waals surface area (Å²) in [5, 5.41) is 18.2. The third-order valence-electron chi connectivity index (χ3n) is 8.48. The molecule has 0 heterocycles. The maximum atomic E-state index is 12.5. The summed E-state index contributed by atoms with van der Waals surface area (Å²) in [7, 11) is -4.60. The fourth-order valence-corrected chi connectivity index (χ4v) is 5.94. The van der Waals surface area contributed by atoms with Crippen LogP contribution in [0.3, 0.4) is 0 Å². The number of phosphoric ester groups is 1. The first-order valence-electron chi connectivity index (χ1n) is 18.7. The number of carbonyl (C=O) groups is 2. The number of rotatable bonds is 34. The third-order valence-corrected chi connectivity index (χ3v) is 9.43. The molecule has 0 saturated heterocycles. The van der Waals surface area contributed by atoms with Gasteiger partial charge in [0.25, 0.3) is 0 Å². The Kier molecular flexibility index (Phi) is 30.3. The number of unbranched alkanes of at least 4 members (excludes halogenated alkanes) is 15. The Morgan fingerprint density at radius 3 is 1.57 bits per heavy atom. The van der Waals surface area contributed by atoms with Crippen LogP contribution in [0, 0.1) is 11.8 Å². The maximum absolute atomic E-state index is 12.5. The van der Waals surface area contributed by atoms with Crippen LogP contribution in [0.2, 0.25) is 0 Å². The van der Waals surface area contributed by atoms with Crippen molar-refractivity contribution in [2.75, 3.05) is 26.4 Å². The molecule has 10 nitrogen and oxygen atoms in total. The number of aliphatic hydroxyl groups is 2. The SMILES string of the molecule is CCC(C)CCCCCCCCCCC(=O)O[C@H](COC(=O)CCCCCCCCCCCC(C)C)COP(=O)(O)OC[C@@H](O)CO. The molecule has 0 bridgehead atoms. The van der Waals surface area contributed by atoms with Gasteiger partial charge < -0.3 is 24.6 Å². The van der Waals surface area contributed by atoms with E-state index in [4.69, 9.17) is 19.1 Å². The van der Waals surface area contributed by atoms with Crippen molar-refractivity contribution in [1.29, 1.82) is 0 Å². The van der Waals surface area contributed by atoms with E-state index in [2.05, 4.69) is 32.2 Å². The van der Waals surface area contributed by atoms with Crippen LogP contribution in [0.5, 0.6) is 0 Å². The zero-order valence-corrected chi connectivity index (χ0v) is 31.2. The van der Waals surface area contributed by atoms with Crippen LogP contribution in [-0.2, 0) is 32.7 Å². The van der Waals surface area contributed by atoms with Crippen LogP contribution in [0.25, 0.3) is 0 Å². The van der Waals surface area contributed by atoms with Crippen LogP contribution in [0.15, 0.2) is 0 Å². The summed E-state index contributed by atoms with van der Waals surface area (Å²) in [5.41, 5.74) is 0. The van der Waals surface area contributed by atoms with Crippen LogP contribution in [-0.4, -0.2) is 65.7 Å². The topological polar surface area (TPSA) is 149 Å². The molecule has 0 aliphatic rings. The fourth-order valence-electron chi connectivity index (χ4n) is 5.15. The molecule has 0 amide bonds. The molecule has 4 atom stereocenters. The van der Waals surface area contributed by atoms with E-state index in [0.717, 1.165) is 50.4 Å². The first-order valence-corrected chi connectivity index (χ1v) is 20.2. The summed E-state index contributed by atoms with van der Waals surface area (Å²) in [5.74, 6) is 0.667. The van der Waals surface area contributed by atoms with Gasteiger partial charge in [-0.05, 0) is 24.7 Å².